The lowest BCUT2D eigenvalue weighted by Crippen LogP contribution is -2.14. The van der Waals surface area contributed by atoms with E-state index < -0.39 is 5.91 Å². The van der Waals surface area contributed by atoms with Crippen molar-refractivity contribution >= 4 is 11.9 Å². The molecule has 2 heterocycles. The van der Waals surface area contributed by atoms with Crippen molar-refractivity contribution in [1.29, 1.82) is 0 Å². The van der Waals surface area contributed by atoms with Crippen molar-refractivity contribution < 1.29 is 14.1 Å². The van der Waals surface area contributed by atoms with Crippen molar-refractivity contribution in [2.45, 2.75) is 20.5 Å². The molecule has 0 aliphatic rings. The number of aromatic nitrogens is 3. The predicted octanol–water partition coefficient (Wildman–Crippen LogP) is 2.91. The van der Waals surface area contributed by atoms with Crippen molar-refractivity contribution in [1.82, 2.24) is 15.1 Å². The lowest BCUT2D eigenvalue weighted by molar-refractivity contribution is 0.0986. The second kappa shape index (κ2) is 6.91. The zero-order chi connectivity index (χ0) is 16.9. The normalized spacial score (nSPS) is 10.4. The van der Waals surface area contributed by atoms with E-state index in [1.165, 1.54) is 6.07 Å². The maximum Gasteiger partial charge on any atom is 0.296 e. The molecule has 0 aliphatic carbocycles. The number of carbonyl (C=O) groups is 1. The smallest absolute Gasteiger partial charge is 0.296 e. The molecule has 0 atom stereocenters. The third-order valence-electron chi connectivity index (χ3n) is 3.15. The van der Waals surface area contributed by atoms with Gasteiger partial charge in [-0.3, -0.25) is 10.1 Å². The Kier molecular flexibility index (Phi) is 4.51. The first-order chi connectivity index (χ1) is 11.6. The van der Waals surface area contributed by atoms with Crippen LogP contribution in [0.3, 0.4) is 0 Å². The van der Waals surface area contributed by atoms with Crippen molar-refractivity contribution in [2.24, 2.45) is 0 Å². The van der Waals surface area contributed by atoms with Crippen LogP contribution in [0.25, 0.3) is 0 Å². The molecule has 122 valence electrons. The minimum Gasteiger partial charge on any atom is -0.471 e. The minimum atomic E-state index is -0.484. The molecule has 0 unspecified atom stereocenters. The third-order valence-corrected chi connectivity index (χ3v) is 3.15. The number of benzene rings is 1. The van der Waals surface area contributed by atoms with E-state index in [0.717, 1.165) is 17.0 Å². The summed E-state index contributed by atoms with van der Waals surface area (Å²) in [5.41, 5.74) is 2.53. The van der Waals surface area contributed by atoms with Gasteiger partial charge in [0.1, 0.15) is 6.61 Å². The van der Waals surface area contributed by atoms with E-state index in [9.17, 15) is 4.79 Å². The molecule has 7 nitrogen and oxygen atoms in total. The third kappa shape index (κ3) is 3.95. The molecule has 3 rings (SSSR count). The van der Waals surface area contributed by atoms with E-state index >= 15 is 0 Å². The average Bonchev–Trinajstić information content (AvgIpc) is 3.02. The highest BCUT2D eigenvalue weighted by Crippen LogP contribution is 2.15. The number of carbonyl (C=O) groups excluding carboxylic acids is 1. The molecule has 0 spiro atoms. The fraction of sp³-hybridized carbons (Fsp3) is 0.176. The molecule has 0 radical (unpaired) electrons. The number of hydrogen-bond acceptors (Lipinski definition) is 6. The Bertz CT molecular complexity index is 826. The van der Waals surface area contributed by atoms with Crippen molar-refractivity contribution in [3.8, 4) is 5.88 Å². The summed E-state index contributed by atoms with van der Waals surface area (Å²) in [4.78, 5) is 20.4. The first-order valence-electron chi connectivity index (χ1n) is 7.37. The van der Waals surface area contributed by atoms with E-state index in [2.05, 4.69) is 20.4 Å². The van der Waals surface area contributed by atoms with Crippen LogP contribution >= 0.6 is 0 Å². The number of nitrogens with zero attached hydrogens (tertiary/aromatic N) is 3. The number of nitrogens with one attached hydrogen (secondary N) is 1. The van der Waals surface area contributed by atoms with Crippen LogP contribution in [-0.2, 0) is 6.61 Å². The van der Waals surface area contributed by atoms with Gasteiger partial charge in [-0.2, -0.15) is 0 Å². The average molecular weight is 324 g/mol. The molecule has 1 aromatic carbocycles. The van der Waals surface area contributed by atoms with Crippen molar-refractivity contribution in [3.05, 3.63) is 65.2 Å². The van der Waals surface area contributed by atoms with Crippen LogP contribution in [0.5, 0.6) is 5.88 Å². The van der Waals surface area contributed by atoms with E-state index in [4.69, 9.17) is 9.26 Å². The summed E-state index contributed by atoms with van der Waals surface area (Å²) < 4.78 is 10.5. The van der Waals surface area contributed by atoms with E-state index in [1.54, 1.807) is 0 Å². The van der Waals surface area contributed by atoms with Gasteiger partial charge in [-0.05, 0) is 30.6 Å². The van der Waals surface area contributed by atoms with Gasteiger partial charge in [0, 0.05) is 11.4 Å². The first-order valence-corrected chi connectivity index (χ1v) is 7.37. The van der Waals surface area contributed by atoms with Gasteiger partial charge in [-0.1, -0.05) is 30.3 Å². The highest BCUT2D eigenvalue weighted by atomic mass is 16.5. The molecule has 24 heavy (non-hydrogen) atoms. The van der Waals surface area contributed by atoms with E-state index in [1.807, 2.05) is 50.2 Å². The van der Waals surface area contributed by atoms with Crippen LogP contribution in [0.4, 0.5) is 5.95 Å². The highest BCUT2D eigenvalue weighted by molar-refractivity contribution is 6.01. The fourth-order valence-electron chi connectivity index (χ4n) is 2.11. The van der Waals surface area contributed by atoms with Crippen LogP contribution in [-0.4, -0.2) is 21.0 Å². The standard InChI is InChI=1S/C17H16N4O3/c1-11-8-12(2)19-17(18-11)20-16(22)14-9-15(21-24-14)23-10-13-6-4-3-5-7-13/h3-9H,10H2,1-2H3,(H,18,19,20,22). The minimum absolute atomic E-state index is 0.0285. The van der Waals surface area contributed by atoms with E-state index in [0.29, 0.717) is 6.61 Å². The summed E-state index contributed by atoms with van der Waals surface area (Å²) in [5, 5.41) is 6.31. The molecular weight excluding hydrogens is 308 g/mol. The number of ether oxygens (including phenoxy) is 1. The van der Waals surface area contributed by atoms with Crippen LogP contribution < -0.4 is 10.1 Å². The summed E-state index contributed by atoms with van der Waals surface area (Å²) >= 11 is 0. The Morgan fingerprint density at radius 3 is 2.54 bits per heavy atom. The number of hydrogen-bond donors (Lipinski definition) is 1. The molecule has 3 aromatic rings. The summed E-state index contributed by atoms with van der Waals surface area (Å²) in [6.45, 7) is 4.00. The molecular formula is C17H16N4O3. The maximum absolute atomic E-state index is 12.1. The monoisotopic (exact) mass is 324 g/mol. The largest absolute Gasteiger partial charge is 0.471 e. The molecule has 1 N–H and O–H groups in total. The lowest BCUT2D eigenvalue weighted by Gasteiger charge is -2.03. The second-order valence-corrected chi connectivity index (χ2v) is 5.23. The lowest BCUT2D eigenvalue weighted by atomic mass is 10.2. The Hall–Kier alpha value is -3.22. The quantitative estimate of drug-likeness (QED) is 0.776. The molecule has 0 saturated carbocycles. The van der Waals surface area contributed by atoms with Gasteiger partial charge in [-0.15, -0.1) is 0 Å². The Morgan fingerprint density at radius 2 is 1.83 bits per heavy atom. The predicted molar refractivity (Wildman–Crippen MR) is 86.7 cm³/mol. The first kappa shape index (κ1) is 15.7. The molecule has 0 aliphatic heterocycles. The Morgan fingerprint density at radius 1 is 1.12 bits per heavy atom. The topological polar surface area (TPSA) is 90.1 Å². The maximum atomic E-state index is 12.1. The van der Waals surface area contributed by atoms with Gasteiger partial charge in [-0.25, -0.2) is 9.97 Å². The van der Waals surface area contributed by atoms with Crippen LogP contribution in [0.15, 0.2) is 47.0 Å². The fourth-order valence-corrected chi connectivity index (χ4v) is 2.11. The van der Waals surface area contributed by atoms with E-state index in [-0.39, 0.29) is 17.6 Å². The number of aryl methyl sites for hydroxylation is 2. The second-order valence-electron chi connectivity index (χ2n) is 5.23. The van der Waals surface area contributed by atoms with Crippen molar-refractivity contribution in [3.63, 3.8) is 0 Å². The number of anilines is 1. The molecule has 1 amide bonds. The van der Waals surface area contributed by atoms with Crippen LogP contribution in [0.2, 0.25) is 0 Å². The Labute approximate surface area is 138 Å². The van der Waals surface area contributed by atoms with Gasteiger partial charge in [0.2, 0.25) is 11.7 Å². The molecule has 2 aromatic heterocycles. The van der Waals surface area contributed by atoms with Gasteiger partial charge < -0.3 is 9.26 Å². The SMILES string of the molecule is Cc1cc(C)nc(NC(=O)c2cc(OCc3ccccc3)no2)n1. The van der Waals surface area contributed by atoms with Crippen molar-refractivity contribution in [2.75, 3.05) is 5.32 Å². The molecule has 0 bridgehead atoms. The summed E-state index contributed by atoms with van der Waals surface area (Å²) in [6, 6.07) is 12.9. The molecule has 7 heteroatoms. The zero-order valence-electron chi connectivity index (χ0n) is 13.3. The summed E-state index contributed by atoms with van der Waals surface area (Å²) in [6.07, 6.45) is 0. The number of amides is 1. The van der Waals surface area contributed by atoms with Gasteiger partial charge in [0.25, 0.3) is 11.8 Å². The molecule has 0 fully saturated rings. The summed E-state index contributed by atoms with van der Waals surface area (Å²) in [7, 11) is 0. The number of rotatable bonds is 5. The van der Waals surface area contributed by atoms with Gasteiger partial charge >= 0.3 is 0 Å². The highest BCUT2D eigenvalue weighted by Gasteiger charge is 2.15. The van der Waals surface area contributed by atoms with Gasteiger partial charge in [0.05, 0.1) is 6.07 Å². The Balaban J connectivity index is 1.63. The van der Waals surface area contributed by atoms with Gasteiger partial charge in [0.15, 0.2) is 0 Å². The summed E-state index contributed by atoms with van der Waals surface area (Å²) in [5.74, 6) is 0.00822. The van der Waals surface area contributed by atoms with Crippen LogP contribution in [0, 0.1) is 13.8 Å². The molecule has 0 saturated heterocycles. The zero-order valence-corrected chi connectivity index (χ0v) is 13.3. The van der Waals surface area contributed by atoms with Crippen LogP contribution in [0.1, 0.15) is 27.5 Å².